The summed E-state index contributed by atoms with van der Waals surface area (Å²) in [6.07, 6.45) is 3.25. The number of rotatable bonds is 3. The van der Waals surface area contributed by atoms with Crippen molar-refractivity contribution in [2.45, 2.75) is 0 Å². The summed E-state index contributed by atoms with van der Waals surface area (Å²) < 4.78 is 13.7. The first-order chi connectivity index (χ1) is 11.7. The lowest BCUT2D eigenvalue weighted by Crippen LogP contribution is -2.24. The molecular formula is C16H16BrClN5OP. The third kappa shape index (κ3) is 3.50. The van der Waals surface area contributed by atoms with Crippen LogP contribution in [0, 0.1) is 0 Å². The molecule has 6 nitrogen and oxygen atoms in total. The van der Waals surface area contributed by atoms with Gasteiger partial charge in [0.15, 0.2) is 0 Å². The molecule has 1 aromatic heterocycles. The highest BCUT2D eigenvalue weighted by Gasteiger charge is 2.28. The Kier molecular flexibility index (Phi) is 4.75. The van der Waals surface area contributed by atoms with Crippen LogP contribution in [-0.2, 0) is 4.57 Å². The van der Waals surface area contributed by atoms with Gasteiger partial charge in [-0.25, -0.2) is 9.98 Å². The number of hydrogen-bond acceptors (Lipinski definition) is 6. The molecule has 1 aliphatic heterocycles. The summed E-state index contributed by atoms with van der Waals surface area (Å²) in [5.41, 5.74) is 2.94. The summed E-state index contributed by atoms with van der Waals surface area (Å²) in [6.45, 7) is 7.57. The molecule has 2 aromatic rings. The fourth-order valence-electron chi connectivity index (χ4n) is 2.59. The average Bonchev–Trinajstić information content (AvgIpc) is 2.53. The number of aromatic nitrogens is 2. The maximum Gasteiger partial charge on any atom is 0.224 e. The number of nitrogens with zero attached hydrogens (tertiary/aromatic N) is 4. The molecule has 0 fully saturated rings. The summed E-state index contributed by atoms with van der Waals surface area (Å²) in [4.78, 5) is 14.3. The van der Waals surface area contributed by atoms with Crippen molar-refractivity contribution in [2.75, 3.05) is 25.7 Å². The Hall–Kier alpha value is -1.69. The van der Waals surface area contributed by atoms with Gasteiger partial charge in [-0.05, 0) is 53.0 Å². The summed E-state index contributed by atoms with van der Waals surface area (Å²) in [7, 11) is -0.803. The Morgan fingerprint density at radius 1 is 1.36 bits per heavy atom. The zero-order valence-corrected chi connectivity index (χ0v) is 17.2. The molecule has 0 spiro atoms. The van der Waals surface area contributed by atoms with Crippen LogP contribution in [-0.4, -0.2) is 41.6 Å². The van der Waals surface area contributed by atoms with E-state index in [1.807, 2.05) is 24.1 Å². The van der Waals surface area contributed by atoms with Gasteiger partial charge in [-0.15, -0.1) is 0 Å². The SMILES string of the molecule is C=C1c2c(ccc(Nc3nc(Cl)ncc3Br)c2P(C)(C)=O)N=CN1C. The van der Waals surface area contributed by atoms with E-state index in [4.69, 9.17) is 11.6 Å². The van der Waals surface area contributed by atoms with Gasteiger partial charge in [0.2, 0.25) is 5.28 Å². The van der Waals surface area contributed by atoms with E-state index >= 15 is 0 Å². The van der Waals surface area contributed by atoms with E-state index in [9.17, 15) is 4.57 Å². The molecule has 0 bridgehead atoms. The average molecular weight is 441 g/mol. The van der Waals surface area contributed by atoms with E-state index in [1.165, 1.54) is 0 Å². The molecule has 0 aliphatic carbocycles. The molecule has 0 atom stereocenters. The van der Waals surface area contributed by atoms with Crippen molar-refractivity contribution in [2.24, 2.45) is 4.99 Å². The molecule has 0 radical (unpaired) electrons. The van der Waals surface area contributed by atoms with Crippen LogP contribution in [0.1, 0.15) is 5.56 Å². The van der Waals surface area contributed by atoms with Crippen LogP contribution >= 0.6 is 34.7 Å². The molecule has 130 valence electrons. The van der Waals surface area contributed by atoms with Gasteiger partial charge < -0.3 is 14.8 Å². The van der Waals surface area contributed by atoms with Crippen molar-refractivity contribution in [3.8, 4) is 0 Å². The lowest BCUT2D eigenvalue weighted by molar-refractivity contribution is 0.588. The van der Waals surface area contributed by atoms with E-state index in [0.29, 0.717) is 21.3 Å². The van der Waals surface area contributed by atoms with Crippen molar-refractivity contribution >= 4 is 69.2 Å². The molecule has 1 N–H and O–H groups in total. The van der Waals surface area contributed by atoms with Crippen LogP contribution in [0.2, 0.25) is 5.28 Å². The van der Waals surface area contributed by atoms with Gasteiger partial charge in [0.05, 0.1) is 22.2 Å². The molecule has 25 heavy (non-hydrogen) atoms. The minimum Gasteiger partial charge on any atom is -0.339 e. The second-order valence-electron chi connectivity index (χ2n) is 5.97. The van der Waals surface area contributed by atoms with Crippen molar-refractivity contribution < 1.29 is 4.57 Å². The van der Waals surface area contributed by atoms with Gasteiger partial charge in [-0.1, -0.05) is 6.58 Å². The second-order valence-corrected chi connectivity index (χ2v) is 10.3. The Bertz CT molecular complexity index is 956. The summed E-state index contributed by atoms with van der Waals surface area (Å²) >= 11 is 9.29. The molecule has 0 saturated heterocycles. The minimum absolute atomic E-state index is 0.120. The fraction of sp³-hybridized carbons (Fsp3) is 0.188. The molecule has 0 saturated carbocycles. The van der Waals surface area contributed by atoms with Crippen LogP contribution in [0.3, 0.4) is 0 Å². The number of fused-ring (bicyclic) bond motifs is 1. The monoisotopic (exact) mass is 439 g/mol. The molecule has 1 aliphatic rings. The predicted octanol–water partition coefficient (Wildman–Crippen LogP) is 4.46. The standard InChI is InChI=1S/C16H16BrClN5OP/c1-9-13-11(20-8-23(9)2)5-6-12(14(13)25(3,4)24)21-15-10(17)7-19-16(18)22-15/h5-8H,1H2,2-4H3,(H,19,21,22). The maximum atomic E-state index is 13.1. The molecule has 9 heteroatoms. The van der Waals surface area contributed by atoms with Crippen molar-refractivity contribution in [1.82, 2.24) is 14.9 Å². The number of nitrogens with one attached hydrogen (secondary N) is 1. The van der Waals surface area contributed by atoms with Gasteiger partial charge in [-0.3, -0.25) is 0 Å². The highest BCUT2D eigenvalue weighted by molar-refractivity contribution is 9.10. The van der Waals surface area contributed by atoms with Gasteiger partial charge in [0, 0.05) is 29.8 Å². The van der Waals surface area contributed by atoms with Crippen LogP contribution in [0.5, 0.6) is 0 Å². The smallest absolute Gasteiger partial charge is 0.224 e. The molecule has 1 aromatic carbocycles. The minimum atomic E-state index is -2.66. The molecular weight excluding hydrogens is 425 g/mol. The first-order valence-corrected chi connectivity index (χ1v) is 11.1. The van der Waals surface area contributed by atoms with E-state index < -0.39 is 7.14 Å². The Balaban J connectivity index is 2.22. The number of aliphatic imine (C=N–C) groups is 1. The van der Waals surface area contributed by atoms with Gasteiger partial charge in [0.25, 0.3) is 0 Å². The quantitative estimate of drug-likeness (QED) is 0.564. The van der Waals surface area contributed by atoms with Crippen molar-refractivity contribution in [1.29, 1.82) is 0 Å². The molecule has 3 rings (SSSR count). The van der Waals surface area contributed by atoms with Crippen LogP contribution < -0.4 is 10.6 Å². The van der Waals surface area contributed by atoms with E-state index in [-0.39, 0.29) is 5.28 Å². The Morgan fingerprint density at radius 2 is 2.08 bits per heavy atom. The zero-order valence-electron chi connectivity index (χ0n) is 13.9. The molecule has 0 unspecified atom stereocenters. The van der Waals surface area contributed by atoms with Crippen molar-refractivity contribution in [3.05, 3.63) is 40.2 Å². The van der Waals surface area contributed by atoms with Crippen LogP contribution in [0.15, 0.2) is 34.4 Å². The maximum absolute atomic E-state index is 13.1. The summed E-state index contributed by atoms with van der Waals surface area (Å²) in [5, 5.41) is 4.01. The van der Waals surface area contributed by atoms with Crippen LogP contribution in [0.4, 0.5) is 17.2 Å². The summed E-state index contributed by atoms with van der Waals surface area (Å²) in [6, 6.07) is 3.70. The van der Waals surface area contributed by atoms with Crippen molar-refractivity contribution in [3.63, 3.8) is 0 Å². The van der Waals surface area contributed by atoms with E-state index in [2.05, 4.69) is 42.8 Å². The normalized spacial score (nSPS) is 13.8. The highest BCUT2D eigenvalue weighted by Crippen LogP contribution is 2.45. The molecule has 0 amide bonds. The largest absolute Gasteiger partial charge is 0.339 e. The lowest BCUT2D eigenvalue weighted by Gasteiger charge is -2.28. The Labute approximate surface area is 159 Å². The zero-order chi connectivity index (χ0) is 18.4. The second kappa shape index (κ2) is 6.56. The topological polar surface area (TPSA) is 70.5 Å². The Morgan fingerprint density at radius 3 is 2.76 bits per heavy atom. The summed E-state index contributed by atoms with van der Waals surface area (Å²) in [5.74, 6) is 0.493. The van der Waals surface area contributed by atoms with Gasteiger partial charge in [-0.2, -0.15) is 4.98 Å². The number of halogens is 2. The third-order valence-electron chi connectivity index (χ3n) is 3.75. The van der Waals surface area contributed by atoms with E-state index in [0.717, 1.165) is 16.9 Å². The fourth-order valence-corrected chi connectivity index (χ4v) is 4.50. The van der Waals surface area contributed by atoms with Crippen LogP contribution in [0.25, 0.3) is 5.70 Å². The number of anilines is 2. The first kappa shape index (κ1) is 18.1. The lowest BCUT2D eigenvalue weighted by atomic mass is 10.1. The van der Waals surface area contributed by atoms with Gasteiger partial charge in [0.1, 0.15) is 13.0 Å². The molecule has 2 heterocycles. The van der Waals surface area contributed by atoms with Gasteiger partial charge >= 0.3 is 0 Å². The predicted molar refractivity (Wildman–Crippen MR) is 109 cm³/mol. The number of benzene rings is 1. The van der Waals surface area contributed by atoms with E-state index in [1.54, 1.807) is 25.9 Å². The highest BCUT2D eigenvalue weighted by atomic mass is 79.9. The third-order valence-corrected chi connectivity index (χ3v) is 6.05. The first-order valence-electron chi connectivity index (χ1n) is 7.32. The number of hydrogen-bond donors (Lipinski definition) is 1.